The Labute approximate surface area is 144 Å². The van der Waals surface area contributed by atoms with Gasteiger partial charge in [0.15, 0.2) is 0 Å². The number of aryl methyl sites for hydroxylation is 1. The van der Waals surface area contributed by atoms with E-state index >= 15 is 0 Å². The molecular formula is C15H25Cl2N3O2. The third kappa shape index (κ3) is 6.40. The summed E-state index contributed by atoms with van der Waals surface area (Å²) < 4.78 is 5.30. The van der Waals surface area contributed by atoms with Crippen LogP contribution in [0.2, 0.25) is 0 Å². The van der Waals surface area contributed by atoms with Gasteiger partial charge in [-0.2, -0.15) is 0 Å². The maximum Gasteiger partial charge on any atom is 0.251 e. The average molecular weight is 350 g/mol. The lowest BCUT2D eigenvalue weighted by atomic mass is 10.1. The Balaban J connectivity index is 0.00000220. The number of nitrogens with one attached hydrogen (secondary N) is 1. The molecule has 22 heavy (non-hydrogen) atoms. The minimum atomic E-state index is -0.0447. The molecular weight excluding hydrogens is 325 g/mol. The van der Waals surface area contributed by atoms with E-state index in [1.807, 2.05) is 19.1 Å². The van der Waals surface area contributed by atoms with Gasteiger partial charge in [0, 0.05) is 30.9 Å². The number of anilines is 1. The monoisotopic (exact) mass is 349 g/mol. The number of carbonyl (C=O) groups excluding carboxylic acids is 1. The van der Waals surface area contributed by atoms with Crippen molar-refractivity contribution >= 4 is 36.4 Å². The number of amides is 1. The fourth-order valence-corrected chi connectivity index (χ4v) is 2.31. The summed E-state index contributed by atoms with van der Waals surface area (Å²) in [7, 11) is 0. The number of carbonyl (C=O) groups is 1. The minimum absolute atomic E-state index is 0. The summed E-state index contributed by atoms with van der Waals surface area (Å²) >= 11 is 0. The van der Waals surface area contributed by atoms with Crippen molar-refractivity contribution in [3.63, 3.8) is 0 Å². The molecule has 1 amide bonds. The molecule has 3 N–H and O–H groups in total. The number of benzene rings is 1. The highest BCUT2D eigenvalue weighted by Crippen LogP contribution is 2.12. The Morgan fingerprint density at radius 2 is 2.00 bits per heavy atom. The first-order valence-corrected chi connectivity index (χ1v) is 7.11. The van der Waals surface area contributed by atoms with E-state index in [4.69, 9.17) is 10.5 Å². The standard InChI is InChI=1S/C15H23N3O2.2ClH/c1-12-3-4-13(16)11-14(12)15(19)17-5-2-6-18-7-9-20-10-8-18;;/h3-4,11H,2,5-10,16H2,1H3,(H,17,19);2*1H. The van der Waals surface area contributed by atoms with E-state index in [2.05, 4.69) is 10.2 Å². The van der Waals surface area contributed by atoms with Gasteiger partial charge in [-0.3, -0.25) is 9.69 Å². The summed E-state index contributed by atoms with van der Waals surface area (Å²) in [5.41, 5.74) is 7.95. The SMILES string of the molecule is Cc1ccc(N)cc1C(=O)NCCCN1CCOCC1.Cl.Cl. The zero-order valence-electron chi connectivity index (χ0n) is 12.8. The molecule has 0 saturated carbocycles. The second kappa shape index (κ2) is 10.7. The summed E-state index contributed by atoms with van der Waals surface area (Å²) in [6.45, 7) is 7.21. The lowest BCUT2D eigenvalue weighted by molar-refractivity contribution is 0.0374. The summed E-state index contributed by atoms with van der Waals surface area (Å²) in [6, 6.07) is 5.41. The largest absolute Gasteiger partial charge is 0.399 e. The van der Waals surface area contributed by atoms with Crippen molar-refractivity contribution in [3.05, 3.63) is 29.3 Å². The Morgan fingerprint density at radius 1 is 1.32 bits per heavy atom. The van der Waals surface area contributed by atoms with Crippen molar-refractivity contribution in [3.8, 4) is 0 Å². The van der Waals surface area contributed by atoms with Gasteiger partial charge in [-0.1, -0.05) is 6.07 Å². The Kier molecular flexibility index (Phi) is 10.2. The van der Waals surface area contributed by atoms with Gasteiger partial charge in [-0.05, 0) is 37.6 Å². The van der Waals surface area contributed by atoms with Crippen LogP contribution in [0, 0.1) is 6.92 Å². The van der Waals surface area contributed by atoms with Crippen molar-refractivity contribution < 1.29 is 9.53 Å². The maximum absolute atomic E-state index is 12.1. The molecule has 1 aromatic rings. The molecule has 2 rings (SSSR count). The quantitative estimate of drug-likeness (QED) is 0.629. The first-order chi connectivity index (χ1) is 9.66. The molecule has 5 nitrogen and oxygen atoms in total. The van der Waals surface area contributed by atoms with Crippen LogP contribution in [0.15, 0.2) is 18.2 Å². The third-order valence-corrected chi connectivity index (χ3v) is 3.55. The number of morpholine rings is 1. The maximum atomic E-state index is 12.1. The second-order valence-corrected chi connectivity index (χ2v) is 5.14. The lowest BCUT2D eigenvalue weighted by Crippen LogP contribution is -2.38. The smallest absolute Gasteiger partial charge is 0.251 e. The summed E-state index contributed by atoms with van der Waals surface area (Å²) in [6.07, 6.45) is 0.951. The van der Waals surface area contributed by atoms with E-state index in [0.29, 0.717) is 17.8 Å². The van der Waals surface area contributed by atoms with Crippen LogP contribution in [0.5, 0.6) is 0 Å². The fraction of sp³-hybridized carbons (Fsp3) is 0.533. The lowest BCUT2D eigenvalue weighted by Gasteiger charge is -2.26. The molecule has 1 aromatic carbocycles. The highest BCUT2D eigenvalue weighted by Gasteiger charge is 2.11. The number of rotatable bonds is 5. The van der Waals surface area contributed by atoms with Crippen molar-refractivity contribution in [2.75, 3.05) is 45.1 Å². The van der Waals surface area contributed by atoms with E-state index in [-0.39, 0.29) is 30.7 Å². The van der Waals surface area contributed by atoms with Gasteiger partial charge < -0.3 is 15.8 Å². The predicted molar refractivity (Wildman–Crippen MR) is 94.3 cm³/mol. The third-order valence-electron chi connectivity index (χ3n) is 3.55. The van der Waals surface area contributed by atoms with Gasteiger partial charge >= 0.3 is 0 Å². The van der Waals surface area contributed by atoms with Gasteiger partial charge in [0.05, 0.1) is 13.2 Å². The number of hydrogen-bond donors (Lipinski definition) is 2. The number of ether oxygens (including phenoxy) is 1. The van der Waals surface area contributed by atoms with Crippen LogP contribution in [-0.2, 0) is 4.74 Å². The van der Waals surface area contributed by atoms with Crippen molar-refractivity contribution in [1.29, 1.82) is 0 Å². The molecule has 0 aliphatic carbocycles. The molecule has 7 heteroatoms. The Bertz CT molecular complexity index is 466. The van der Waals surface area contributed by atoms with E-state index in [1.165, 1.54) is 0 Å². The van der Waals surface area contributed by atoms with Crippen LogP contribution in [0.4, 0.5) is 5.69 Å². The topological polar surface area (TPSA) is 67.6 Å². The second-order valence-electron chi connectivity index (χ2n) is 5.14. The number of hydrogen-bond acceptors (Lipinski definition) is 4. The van der Waals surface area contributed by atoms with E-state index in [1.54, 1.807) is 6.07 Å². The zero-order chi connectivity index (χ0) is 14.4. The van der Waals surface area contributed by atoms with Gasteiger partial charge in [-0.15, -0.1) is 24.8 Å². The number of halogens is 2. The van der Waals surface area contributed by atoms with Crippen molar-refractivity contribution in [2.24, 2.45) is 0 Å². The molecule has 0 unspecified atom stereocenters. The molecule has 0 bridgehead atoms. The molecule has 1 saturated heterocycles. The molecule has 1 heterocycles. The summed E-state index contributed by atoms with van der Waals surface area (Å²) in [4.78, 5) is 14.4. The molecule has 0 spiro atoms. The first kappa shape index (κ1) is 21.0. The normalized spacial score (nSPS) is 14.6. The summed E-state index contributed by atoms with van der Waals surface area (Å²) in [5.74, 6) is -0.0447. The van der Waals surface area contributed by atoms with Crippen LogP contribution in [0.1, 0.15) is 22.3 Å². The van der Waals surface area contributed by atoms with E-state index in [0.717, 1.165) is 44.8 Å². The molecule has 0 aromatic heterocycles. The average Bonchev–Trinajstić information content (AvgIpc) is 2.47. The molecule has 1 aliphatic heterocycles. The van der Waals surface area contributed by atoms with E-state index < -0.39 is 0 Å². The Morgan fingerprint density at radius 3 is 2.68 bits per heavy atom. The minimum Gasteiger partial charge on any atom is -0.399 e. The van der Waals surface area contributed by atoms with Crippen LogP contribution in [0.3, 0.4) is 0 Å². The fourth-order valence-electron chi connectivity index (χ4n) is 2.31. The van der Waals surface area contributed by atoms with Gasteiger partial charge in [0.2, 0.25) is 0 Å². The van der Waals surface area contributed by atoms with Crippen LogP contribution in [0.25, 0.3) is 0 Å². The molecule has 0 atom stereocenters. The molecule has 126 valence electrons. The van der Waals surface area contributed by atoms with Crippen molar-refractivity contribution in [2.45, 2.75) is 13.3 Å². The van der Waals surface area contributed by atoms with Gasteiger partial charge in [-0.25, -0.2) is 0 Å². The van der Waals surface area contributed by atoms with Crippen molar-refractivity contribution in [1.82, 2.24) is 10.2 Å². The zero-order valence-corrected chi connectivity index (χ0v) is 14.5. The first-order valence-electron chi connectivity index (χ1n) is 7.11. The Hall–Kier alpha value is -1.01. The summed E-state index contributed by atoms with van der Waals surface area (Å²) in [5, 5.41) is 2.95. The molecule has 1 fully saturated rings. The predicted octanol–water partition coefficient (Wildman–Crippen LogP) is 1.87. The van der Waals surface area contributed by atoms with Gasteiger partial charge in [0.25, 0.3) is 5.91 Å². The highest BCUT2D eigenvalue weighted by molar-refractivity contribution is 5.96. The van der Waals surface area contributed by atoms with E-state index in [9.17, 15) is 4.79 Å². The molecule has 1 aliphatic rings. The van der Waals surface area contributed by atoms with Gasteiger partial charge in [0.1, 0.15) is 0 Å². The van der Waals surface area contributed by atoms with Crippen LogP contribution < -0.4 is 11.1 Å². The number of nitrogens with two attached hydrogens (primary N) is 1. The number of nitrogens with zero attached hydrogens (tertiary/aromatic N) is 1. The molecule has 0 radical (unpaired) electrons. The number of nitrogen functional groups attached to an aromatic ring is 1. The van der Waals surface area contributed by atoms with Crippen LogP contribution >= 0.6 is 24.8 Å². The highest BCUT2D eigenvalue weighted by atomic mass is 35.5. The van der Waals surface area contributed by atoms with Crippen LogP contribution in [-0.4, -0.2) is 50.2 Å².